The molecule has 3 nitrogen and oxygen atoms in total. The highest BCUT2D eigenvalue weighted by atomic mass is 19.2. The lowest BCUT2D eigenvalue weighted by Gasteiger charge is -2.14. The average Bonchev–Trinajstić information content (AvgIpc) is 2.95. The van der Waals surface area contributed by atoms with E-state index in [-0.39, 0.29) is 5.92 Å². The number of H-pyrrole nitrogens is 1. The predicted molar refractivity (Wildman–Crippen MR) is 65.1 cm³/mol. The molecule has 2 atom stereocenters. The van der Waals surface area contributed by atoms with Gasteiger partial charge in [-0.3, -0.25) is 0 Å². The molecule has 3 rings (SSSR count). The number of aromatic amines is 1. The van der Waals surface area contributed by atoms with E-state index < -0.39 is 11.6 Å². The molecule has 0 bridgehead atoms. The van der Waals surface area contributed by atoms with Gasteiger partial charge in [-0.2, -0.15) is 0 Å². The first kappa shape index (κ1) is 11.6. The van der Waals surface area contributed by atoms with E-state index in [4.69, 9.17) is 5.73 Å². The van der Waals surface area contributed by atoms with Crippen molar-refractivity contribution in [2.75, 3.05) is 6.54 Å². The van der Waals surface area contributed by atoms with Gasteiger partial charge in [-0.25, -0.2) is 13.8 Å². The Morgan fingerprint density at radius 2 is 2.06 bits per heavy atom. The van der Waals surface area contributed by atoms with E-state index in [9.17, 15) is 8.78 Å². The van der Waals surface area contributed by atoms with Crippen molar-refractivity contribution in [2.45, 2.75) is 25.2 Å². The van der Waals surface area contributed by atoms with Gasteiger partial charge < -0.3 is 10.7 Å². The fraction of sp³-hybridized carbons (Fsp3) is 0.462. The number of hydrogen-bond acceptors (Lipinski definition) is 2. The number of halogens is 2. The Bertz CT molecular complexity index is 540. The molecular formula is C13H15F2N3. The molecule has 18 heavy (non-hydrogen) atoms. The summed E-state index contributed by atoms with van der Waals surface area (Å²) in [5.74, 6) is -0.196. The van der Waals surface area contributed by atoms with Crippen LogP contribution in [0.4, 0.5) is 8.78 Å². The summed E-state index contributed by atoms with van der Waals surface area (Å²) in [6, 6.07) is 2.30. The molecular weight excluding hydrogens is 236 g/mol. The molecule has 5 heteroatoms. The Labute approximate surface area is 103 Å². The molecule has 96 valence electrons. The van der Waals surface area contributed by atoms with E-state index in [0.717, 1.165) is 37.2 Å². The topological polar surface area (TPSA) is 54.7 Å². The van der Waals surface area contributed by atoms with E-state index >= 15 is 0 Å². The summed E-state index contributed by atoms with van der Waals surface area (Å²) < 4.78 is 26.3. The van der Waals surface area contributed by atoms with Gasteiger partial charge in [0.05, 0.1) is 11.0 Å². The molecule has 1 aromatic carbocycles. The van der Waals surface area contributed by atoms with Gasteiger partial charge in [-0.05, 0) is 25.3 Å². The molecule has 1 fully saturated rings. The van der Waals surface area contributed by atoms with Gasteiger partial charge in [0.1, 0.15) is 5.82 Å². The first-order valence-corrected chi connectivity index (χ1v) is 6.23. The number of nitrogens with zero attached hydrogens (tertiary/aromatic N) is 1. The molecule has 1 aromatic heterocycles. The zero-order chi connectivity index (χ0) is 12.7. The lowest BCUT2D eigenvalue weighted by atomic mass is 9.96. The summed E-state index contributed by atoms with van der Waals surface area (Å²) in [4.78, 5) is 7.47. The van der Waals surface area contributed by atoms with Crippen molar-refractivity contribution in [1.82, 2.24) is 9.97 Å². The highest BCUT2D eigenvalue weighted by Crippen LogP contribution is 2.38. The van der Waals surface area contributed by atoms with Crippen LogP contribution in [0.1, 0.15) is 31.0 Å². The first-order valence-electron chi connectivity index (χ1n) is 6.23. The fourth-order valence-electron chi connectivity index (χ4n) is 2.88. The van der Waals surface area contributed by atoms with Crippen molar-refractivity contribution in [2.24, 2.45) is 11.7 Å². The van der Waals surface area contributed by atoms with Crippen LogP contribution in [-0.2, 0) is 0 Å². The lowest BCUT2D eigenvalue weighted by molar-refractivity contribution is 0.481. The summed E-state index contributed by atoms with van der Waals surface area (Å²) in [6.45, 7) is 0.629. The molecule has 0 aliphatic heterocycles. The molecule has 0 spiro atoms. The van der Waals surface area contributed by atoms with Crippen molar-refractivity contribution in [3.8, 4) is 0 Å². The minimum Gasteiger partial charge on any atom is -0.342 e. The summed E-state index contributed by atoms with van der Waals surface area (Å²) in [5.41, 5.74) is 6.77. The number of hydrogen-bond donors (Lipinski definition) is 2. The van der Waals surface area contributed by atoms with Crippen molar-refractivity contribution in [1.29, 1.82) is 0 Å². The minimum atomic E-state index is -0.859. The standard InChI is InChI=1S/C13H15F2N3/c14-9-4-11-12(5-10(9)15)18-13(17-11)8-3-1-2-7(8)6-16/h4-5,7-8H,1-3,6,16H2,(H,17,18). The third-order valence-electron chi connectivity index (χ3n) is 3.86. The summed E-state index contributed by atoms with van der Waals surface area (Å²) in [7, 11) is 0. The Balaban J connectivity index is 2.03. The second-order valence-corrected chi connectivity index (χ2v) is 4.94. The zero-order valence-corrected chi connectivity index (χ0v) is 9.92. The Hall–Kier alpha value is -1.49. The quantitative estimate of drug-likeness (QED) is 0.862. The molecule has 3 N–H and O–H groups in total. The van der Waals surface area contributed by atoms with Crippen molar-refractivity contribution in [3.63, 3.8) is 0 Å². The number of imidazole rings is 1. The van der Waals surface area contributed by atoms with Crippen molar-refractivity contribution >= 4 is 11.0 Å². The molecule has 2 aromatic rings. The van der Waals surface area contributed by atoms with Gasteiger partial charge in [0.25, 0.3) is 0 Å². The molecule has 0 radical (unpaired) electrons. The van der Waals surface area contributed by atoms with Crippen LogP contribution in [0, 0.1) is 17.6 Å². The van der Waals surface area contributed by atoms with Crippen LogP contribution in [0.5, 0.6) is 0 Å². The maximum absolute atomic E-state index is 13.1. The maximum Gasteiger partial charge on any atom is 0.161 e. The van der Waals surface area contributed by atoms with Crippen LogP contribution in [-0.4, -0.2) is 16.5 Å². The summed E-state index contributed by atoms with van der Waals surface area (Å²) in [5, 5.41) is 0. The predicted octanol–water partition coefficient (Wildman–Crippen LogP) is 2.68. The van der Waals surface area contributed by atoms with Gasteiger partial charge in [0.15, 0.2) is 11.6 Å². The third-order valence-corrected chi connectivity index (χ3v) is 3.86. The maximum atomic E-state index is 13.1. The van der Waals surface area contributed by atoms with Crippen molar-refractivity contribution in [3.05, 3.63) is 29.6 Å². The van der Waals surface area contributed by atoms with Crippen molar-refractivity contribution < 1.29 is 8.78 Å². The van der Waals surface area contributed by atoms with Crippen LogP contribution in [0.2, 0.25) is 0 Å². The molecule has 0 amide bonds. The Kier molecular flexibility index (Phi) is 2.78. The van der Waals surface area contributed by atoms with E-state index in [1.165, 1.54) is 0 Å². The number of nitrogens with one attached hydrogen (secondary N) is 1. The monoisotopic (exact) mass is 251 g/mol. The normalized spacial score (nSPS) is 23.9. The number of nitrogens with two attached hydrogens (primary N) is 1. The van der Waals surface area contributed by atoms with Gasteiger partial charge in [-0.1, -0.05) is 6.42 Å². The second-order valence-electron chi connectivity index (χ2n) is 4.94. The first-order chi connectivity index (χ1) is 8.69. The number of benzene rings is 1. The smallest absolute Gasteiger partial charge is 0.161 e. The highest BCUT2D eigenvalue weighted by Gasteiger charge is 2.29. The zero-order valence-electron chi connectivity index (χ0n) is 9.92. The fourth-order valence-corrected chi connectivity index (χ4v) is 2.88. The molecule has 1 heterocycles. The lowest BCUT2D eigenvalue weighted by Crippen LogP contribution is -2.17. The molecule has 2 unspecified atom stereocenters. The third kappa shape index (κ3) is 1.79. The van der Waals surface area contributed by atoms with Gasteiger partial charge >= 0.3 is 0 Å². The van der Waals surface area contributed by atoms with E-state index in [2.05, 4.69) is 9.97 Å². The van der Waals surface area contributed by atoms with Gasteiger partial charge in [0, 0.05) is 18.1 Å². The molecule has 0 saturated heterocycles. The largest absolute Gasteiger partial charge is 0.342 e. The SMILES string of the molecule is NCC1CCCC1c1nc2cc(F)c(F)cc2[nH]1. The van der Waals surface area contributed by atoms with Crippen LogP contribution in [0.25, 0.3) is 11.0 Å². The Morgan fingerprint density at radius 3 is 2.83 bits per heavy atom. The van der Waals surface area contributed by atoms with Gasteiger partial charge in [-0.15, -0.1) is 0 Å². The molecule has 1 aliphatic rings. The number of rotatable bonds is 2. The van der Waals surface area contributed by atoms with Crippen LogP contribution >= 0.6 is 0 Å². The minimum absolute atomic E-state index is 0.286. The second kappa shape index (κ2) is 4.31. The van der Waals surface area contributed by atoms with Crippen LogP contribution in [0.15, 0.2) is 12.1 Å². The van der Waals surface area contributed by atoms with Gasteiger partial charge in [0.2, 0.25) is 0 Å². The van der Waals surface area contributed by atoms with Crippen LogP contribution < -0.4 is 5.73 Å². The van der Waals surface area contributed by atoms with E-state index in [1.54, 1.807) is 0 Å². The molecule has 1 aliphatic carbocycles. The Morgan fingerprint density at radius 1 is 1.28 bits per heavy atom. The van der Waals surface area contributed by atoms with Crippen LogP contribution in [0.3, 0.4) is 0 Å². The number of aromatic nitrogens is 2. The summed E-state index contributed by atoms with van der Waals surface area (Å²) >= 11 is 0. The average molecular weight is 251 g/mol. The number of fused-ring (bicyclic) bond motifs is 1. The summed E-state index contributed by atoms with van der Waals surface area (Å²) in [6.07, 6.45) is 3.26. The van der Waals surface area contributed by atoms with E-state index in [0.29, 0.717) is 23.5 Å². The van der Waals surface area contributed by atoms with E-state index in [1.807, 2.05) is 0 Å². The molecule has 1 saturated carbocycles. The highest BCUT2D eigenvalue weighted by molar-refractivity contribution is 5.75.